The lowest BCUT2D eigenvalue weighted by molar-refractivity contribution is 0.172. The fraction of sp³-hybridized carbons (Fsp3) is 0.240. The van der Waals surface area contributed by atoms with E-state index in [0.29, 0.717) is 6.79 Å². The number of ether oxygens (including phenoxy) is 2. The minimum Gasteiger partial charge on any atom is -0.454 e. The van der Waals surface area contributed by atoms with Crippen LogP contribution in [-0.4, -0.2) is 48.6 Å². The van der Waals surface area contributed by atoms with Crippen molar-refractivity contribution in [3.63, 3.8) is 0 Å². The molecule has 0 spiro atoms. The second kappa shape index (κ2) is 8.04. The predicted octanol–water partition coefficient (Wildman–Crippen LogP) is 4.92. The van der Waals surface area contributed by atoms with Crippen molar-refractivity contribution in [1.29, 1.82) is 0 Å². The third kappa shape index (κ3) is 3.45. The first-order chi connectivity index (χ1) is 15.8. The number of piperazine rings is 1. The molecule has 1 fully saturated rings. The van der Waals surface area contributed by atoms with Gasteiger partial charge in [0.05, 0.1) is 17.1 Å². The van der Waals surface area contributed by atoms with Crippen LogP contribution in [0.25, 0.3) is 0 Å². The molecule has 6 nitrogen and oxygen atoms in total. The van der Waals surface area contributed by atoms with Crippen LogP contribution in [0.3, 0.4) is 0 Å². The van der Waals surface area contributed by atoms with E-state index in [9.17, 15) is 0 Å². The van der Waals surface area contributed by atoms with Gasteiger partial charge in [-0.15, -0.1) is 0 Å². The van der Waals surface area contributed by atoms with E-state index in [4.69, 9.17) is 26.2 Å². The second-order valence-corrected chi connectivity index (χ2v) is 8.51. The molecular weight excluding hydrogens is 424 g/mol. The second-order valence-electron chi connectivity index (χ2n) is 8.17. The Balaban J connectivity index is 1.23. The molecule has 3 aromatic rings. The van der Waals surface area contributed by atoms with Crippen LogP contribution in [0.15, 0.2) is 71.7 Å². The number of benzene rings is 3. The number of hydrogen-bond acceptors (Lipinski definition) is 6. The largest absolute Gasteiger partial charge is 0.454 e. The number of amidine groups is 1. The van der Waals surface area contributed by atoms with Crippen molar-refractivity contribution in [2.75, 3.05) is 37.4 Å². The summed E-state index contributed by atoms with van der Waals surface area (Å²) in [4.78, 5) is 9.92. The number of para-hydroxylation sites is 3. The summed E-state index contributed by atoms with van der Waals surface area (Å²) in [7, 11) is 0. The first-order valence-corrected chi connectivity index (χ1v) is 11.2. The maximum atomic E-state index is 6.75. The first kappa shape index (κ1) is 19.5. The molecule has 7 heteroatoms. The van der Waals surface area contributed by atoms with Gasteiger partial charge < -0.3 is 14.4 Å². The van der Waals surface area contributed by atoms with Gasteiger partial charge in [0.1, 0.15) is 5.84 Å². The molecule has 3 heterocycles. The minimum absolute atomic E-state index is 0.309. The molecule has 6 rings (SSSR count). The van der Waals surface area contributed by atoms with E-state index >= 15 is 0 Å². The molecule has 3 aromatic carbocycles. The highest BCUT2D eigenvalue weighted by Gasteiger charge is 2.27. The van der Waals surface area contributed by atoms with Crippen molar-refractivity contribution < 1.29 is 9.47 Å². The Hall–Kier alpha value is -3.22. The maximum Gasteiger partial charge on any atom is 0.231 e. The molecule has 0 aromatic heterocycles. The van der Waals surface area contributed by atoms with Crippen LogP contribution in [0.4, 0.5) is 17.1 Å². The van der Waals surface area contributed by atoms with Gasteiger partial charge in [-0.2, -0.15) is 0 Å². The SMILES string of the molecule is ClN1c2ccccc2N=C(N2CCN(Cc3ccc4c(c3)OCO4)CC2)c2ccccc21. The topological polar surface area (TPSA) is 40.5 Å². The summed E-state index contributed by atoms with van der Waals surface area (Å²) in [5.74, 6) is 2.66. The van der Waals surface area contributed by atoms with Gasteiger partial charge in [0.15, 0.2) is 11.5 Å². The monoisotopic (exact) mass is 446 g/mol. The molecule has 3 aliphatic rings. The van der Waals surface area contributed by atoms with Crippen LogP contribution in [0.1, 0.15) is 11.1 Å². The van der Waals surface area contributed by atoms with Gasteiger partial charge in [-0.3, -0.25) is 9.32 Å². The van der Waals surface area contributed by atoms with Crippen molar-refractivity contribution in [3.05, 3.63) is 77.9 Å². The standard InChI is InChI=1S/C25H23ClN4O2/c26-30-21-7-3-1-5-19(21)25(27-20-6-2-4-8-22(20)30)29-13-11-28(12-14-29)16-18-9-10-23-24(15-18)32-17-31-23/h1-10,15H,11-14,16-17H2. The summed E-state index contributed by atoms with van der Waals surface area (Å²) in [6.07, 6.45) is 0. The Bertz CT molecular complexity index is 1190. The van der Waals surface area contributed by atoms with Gasteiger partial charge in [0.25, 0.3) is 0 Å². The van der Waals surface area contributed by atoms with E-state index in [-0.39, 0.29) is 0 Å². The quantitative estimate of drug-likeness (QED) is 0.523. The molecular formula is C25H23ClN4O2. The molecule has 0 radical (unpaired) electrons. The highest BCUT2D eigenvalue weighted by Crippen LogP contribution is 2.41. The average Bonchev–Trinajstić information content (AvgIpc) is 3.26. The van der Waals surface area contributed by atoms with E-state index in [1.807, 2.05) is 42.5 Å². The minimum atomic E-state index is 0.309. The van der Waals surface area contributed by atoms with Crippen molar-refractivity contribution >= 4 is 34.7 Å². The van der Waals surface area contributed by atoms with E-state index < -0.39 is 0 Å². The summed E-state index contributed by atoms with van der Waals surface area (Å²) < 4.78 is 12.7. The third-order valence-corrected chi connectivity index (χ3v) is 6.56. The Labute approximate surface area is 192 Å². The Morgan fingerprint density at radius 2 is 1.56 bits per heavy atom. The predicted molar refractivity (Wildman–Crippen MR) is 126 cm³/mol. The molecule has 0 saturated carbocycles. The zero-order valence-electron chi connectivity index (χ0n) is 17.6. The number of anilines is 2. The van der Waals surface area contributed by atoms with E-state index in [0.717, 1.165) is 72.7 Å². The number of aliphatic imine (C=N–C) groups is 1. The highest BCUT2D eigenvalue weighted by molar-refractivity contribution is 6.32. The Kier molecular flexibility index (Phi) is 4.89. The van der Waals surface area contributed by atoms with Gasteiger partial charge in [-0.1, -0.05) is 30.3 Å². The van der Waals surface area contributed by atoms with Crippen molar-refractivity contribution in [2.24, 2.45) is 4.99 Å². The number of hydrogen-bond donors (Lipinski definition) is 0. The highest BCUT2D eigenvalue weighted by atomic mass is 35.5. The van der Waals surface area contributed by atoms with Gasteiger partial charge in [-0.05, 0) is 42.0 Å². The van der Waals surface area contributed by atoms with Crippen LogP contribution in [-0.2, 0) is 6.54 Å². The Morgan fingerprint density at radius 1 is 0.812 bits per heavy atom. The zero-order valence-corrected chi connectivity index (χ0v) is 18.3. The molecule has 0 aliphatic carbocycles. The summed E-state index contributed by atoms with van der Waals surface area (Å²) in [6.45, 7) is 4.93. The Morgan fingerprint density at radius 3 is 2.44 bits per heavy atom. The van der Waals surface area contributed by atoms with Crippen LogP contribution in [0, 0.1) is 0 Å². The zero-order chi connectivity index (χ0) is 21.5. The lowest BCUT2D eigenvalue weighted by Crippen LogP contribution is -2.48. The molecule has 162 valence electrons. The van der Waals surface area contributed by atoms with Gasteiger partial charge in [0.2, 0.25) is 6.79 Å². The first-order valence-electron chi connectivity index (χ1n) is 10.9. The van der Waals surface area contributed by atoms with Crippen molar-refractivity contribution in [3.8, 4) is 11.5 Å². The molecule has 1 saturated heterocycles. The molecule has 3 aliphatic heterocycles. The number of halogens is 1. The fourth-order valence-electron chi connectivity index (χ4n) is 4.52. The van der Waals surface area contributed by atoms with E-state index in [1.165, 1.54) is 5.56 Å². The summed E-state index contributed by atoms with van der Waals surface area (Å²) >= 11 is 6.75. The normalized spacial score (nSPS) is 17.5. The average molecular weight is 447 g/mol. The van der Waals surface area contributed by atoms with Crippen LogP contribution in [0.2, 0.25) is 0 Å². The lowest BCUT2D eigenvalue weighted by Gasteiger charge is -2.36. The lowest BCUT2D eigenvalue weighted by atomic mass is 10.1. The molecule has 0 bridgehead atoms. The smallest absolute Gasteiger partial charge is 0.231 e. The van der Waals surface area contributed by atoms with Crippen LogP contribution < -0.4 is 13.9 Å². The molecule has 0 N–H and O–H groups in total. The summed E-state index contributed by atoms with van der Waals surface area (Å²) in [5, 5.41) is 0. The number of rotatable bonds is 2. The molecule has 32 heavy (non-hydrogen) atoms. The summed E-state index contributed by atoms with van der Waals surface area (Å²) in [5.41, 5.74) is 5.05. The van der Waals surface area contributed by atoms with Crippen LogP contribution in [0.5, 0.6) is 11.5 Å². The van der Waals surface area contributed by atoms with E-state index in [2.05, 4.69) is 34.1 Å². The van der Waals surface area contributed by atoms with Crippen LogP contribution >= 0.6 is 11.8 Å². The van der Waals surface area contributed by atoms with E-state index in [1.54, 1.807) is 4.42 Å². The number of nitrogens with zero attached hydrogens (tertiary/aromatic N) is 4. The van der Waals surface area contributed by atoms with Crippen molar-refractivity contribution in [2.45, 2.75) is 6.54 Å². The van der Waals surface area contributed by atoms with Gasteiger partial charge >= 0.3 is 0 Å². The fourth-order valence-corrected chi connectivity index (χ4v) is 4.81. The third-order valence-electron chi connectivity index (χ3n) is 6.19. The summed E-state index contributed by atoms with van der Waals surface area (Å²) in [6, 6.07) is 22.5. The van der Waals surface area contributed by atoms with Crippen molar-refractivity contribution in [1.82, 2.24) is 9.80 Å². The maximum absolute atomic E-state index is 6.75. The molecule has 0 unspecified atom stereocenters. The molecule has 0 atom stereocenters. The molecule has 0 amide bonds. The van der Waals surface area contributed by atoms with Gasteiger partial charge in [0, 0.05) is 50.1 Å². The van der Waals surface area contributed by atoms with Gasteiger partial charge in [-0.25, -0.2) is 4.99 Å². The number of fused-ring (bicyclic) bond motifs is 3.